The molecule has 2 heterocycles. The third-order valence-electron chi connectivity index (χ3n) is 6.94. The molecule has 34 heavy (non-hydrogen) atoms. The number of allylic oxidation sites excluding steroid dienone is 2. The minimum atomic E-state index is -0.537. The number of anilines is 2. The van der Waals surface area contributed by atoms with Crippen molar-refractivity contribution >= 4 is 35.0 Å². The summed E-state index contributed by atoms with van der Waals surface area (Å²) in [7, 11) is 0. The largest absolute Gasteiger partial charge is 0.454 e. The van der Waals surface area contributed by atoms with Gasteiger partial charge < -0.3 is 20.1 Å². The number of nitrogens with zero attached hydrogens (tertiary/aromatic N) is 1. The van der Waals surface area contributed by atoms with Crippen LogP contribution in [0.2, 0.25) is 0 Å². The molecule has 2 aromatic rings. The first-order valence-electron chi connectivity index (χ1n) is 11.1. The molecule has 1 saturated heterocycles. The number of imide groups is 1. The quantitative estimate of drug-likeness (QED) is 0.524. The average Bonchev–Trinajstić information content (AvgIpc) is 3.60. The van der Waals surface area contributed by atoms with Crippen molar-refractivity contribution in [2.24, 2.45) is 23.7 Å². The van der Waals surface area contributed by atoms with Gasteiger partial charge in [0.25, 0.3) is 5.91 Å². The van der Waals surface area contributed by atoms with Crippen molar-refractivity contribution in [2.45, 2.75) is 6.42 Å². The minimum Gasteiger partial charge on any atom is -0.454 e. The summed E-state index contributed by atoms with van der Waals surface area (Å²) in [5.41, 5.74) is 1.04. The summed E-state index contributed by atoms with van der Waals surface area (Å²) in [6.07, 6.45) is 4.85. The molecule has 6 rings (SSSR count). The highest BCUT2D eigenvalue weighted by Gasteiger charge is 2.59. The molecule has 9 nitrogen and oxygen atoms in total. The molecule has 4 aliphatic rings. The smallest absolute Gasteiger partial charge is 0.257 e. The van der Waals surface area contributed by atoms with Crippen LogP contribution in [0.1, 0.15) is 16.8 Å². The molecular weight excluding hydrogens is 438 g/mol. The van der Waals surface area contributed by atoms with Gasteiger partial charge >= 0.3 is 0 Å². The lowest BCUT2D eigenvalue weighted by atomic mass is 9.85. The molecule has 2 bridgehead atoms. The zero-order chi connectivity index (χ0) is 23.4. The Morgan fingerprint density at radius 2 is 1.62 bits per heavy atom. The van der Waals surface area contributed by atoms with Crippen molar-refractivity contribution in [1.82, 2.24) is 4.90 Å². The molecule has 2 fully saturated rings. The van der Waals surface area contributed by atoms with Crippen LogP contribution in [0.15, 0.2) is 54.6 Å². The zero-order valence-corrected chi connectivity index (χ0v) is 18.0. The molecule has 9 heteroatoms. The van der Waals surface area contributed by atoms with E-state index in [4.69, 9.17) is 9.47 Å². The topological polar surface area (TPSA) is 114 Å². The lowest BCUT2D eigenvalue weighted by Gasteiger charge is -2.17. The molecule has 4 atom stereocenters. The summed E-state index contributed by atoms with van der Waals surface area (Å²) >= 11 is 0. The summed E-state index contributed by atoms with van der Waals surface area (Å²) in [6, 6.07) is 11.6. The lowest BCUT2D eigenvalue weighted by molar-refractivity contribution is -0.143. The van der Waals surface area contributed by atoms with Crippen molar-refractivity contribution in [3.8, 4) is 11.5 Å². The maximum Gasteiger partial charge on any atom is 0.257 e. The Kier molecular flexibility index (Phi) is 4.65. The van der Waals surface area contributed by atoms with Crippen LogP contribution in [0.25, 0.3) is 0 Å². The first-order chi connectivity index (χ1) is 16.5. The fourth-order valence-corrected chi connectivity index (χ4v) is 5.42. The van der Waals surface area contributed by atoms with Crippen molar-refractivity contribution in [3.05, 3.63) is 60.2 Å². The van der Waals surface area contributed by atoms with E-state index in [0.717, 1.165) is 11.3 Å². The van der Waals surface area contributed by atoms with Crippen LogP contribution >= 0.6 is 0 Å². The van der Waals surface area contributed by atoms with Gasteiger partial charge in [0.2, 0.25) is 24.5 Å². The predicted octanol–water partition coefficient (Wildman–Crippen LogP) is 2.41. The Hall–Kier alpha value is -4.14. The number of carbonyl (C=O) groups excluding carboxylic acids is 4. The Morgan fingerprint density at radius 3 is 2.38 bits per heavy atom. The highest BCUT2D eigenvalue weighted by Crippen LogP contribution is 2.52. The second-order valence-electron chi connectivity index (χ2n) is 8.88. The summed E-state index contributed by atoms with van der Waals surface area (Å²) < 4.78 is 10.6. The van der Waals surface area contributed by atoms with Gasteiger partial charge in [-0.3, -0.25) is 24.1 Å². The third-order valence-corrected chi connectivity index (χ3v) is 6.94. The van der Waals surface area contributed by atoms with Gasteiger partial charge in [-0.25, -0.2) is 0 Å². The molecule has 2 aliphatic heterocycles. The fraction of sp³-hybridized carbons (Fsp3) is 0.280. The standard InChI is InChI=1S/C25H21N3O6/c29-20(11-28-24(31)21-13-5-6-14(9-13)22(21)25(28)32)27-17-4-2-1-3-16(17)23(30)26-15-7-8-18-19(10-15)34-12-33-18/h1-8,10,13-14,21-22H,9,11-12H2,(H,26,30)(H,27,29)/t13-,14-,21+,22+/m0/s1. The van der Waals surface area contributed by atoms with E-state index in [9.17, 15) is 19.2 Å². The monoisotopic (exact) mass is 459 g/mol. The van der Waals surface area contributed by atoms with Gasteiger partial charge in [-0.1, -0.05) is 24.3 Å². The van der Waals surface area contributed by atoms with Crippen LogP contribution in [0.5, 0.6) is 11.5 Å². The number of amides is 4. The number of fused-ring (bicyclic) bond motifs is 6. The van der Waals surface area contributed by atoms with E-state index in [1.54, 1.807) is 42.5 Å². The maximum absolute atomic E-state index is 12.9. The number of para-hydroxylation sites is 1. The van der Waals surface area contributed by atoms with Gasteiger partial charge in [0.05, 0.1) is 23.1 Å². The number of carbonyl (C=O) groups is 4. The molecule has 4 amide bonds. The summed E-state index contributed by atoms with van der Waals surface area (Å²) in [6.45, 7) is -0.245. The molecule has 172 valence electrons. The molecule has 2 aliphatic carbocycles. The van der Waals surface area contributed by atoms with E-state index >= 15 is 0 Å². The predicted molar refractivity (Wildman–Crippen MR) is 120 cm³/mol. The SMILES string of the molecule is O=C(CN1C(=O)[C@H]2[C@H](C1=O)[C@H]1C=C[C@H]2C1)Nc1ccccc1C(=O)Nc1ccc2c(c1)OCO2. The molecule has 0 radical (unpaired) electrons. The minimum absolute atomic E-state index is 0.0834. The second kappa shape index (κ2) is 7.72. The number of benzene rings is 2. The van der Waals surface area contributed by atoms with Gasteiger partial charge in [-0.05, 0) is 42.5 Å². The number of likely N-dealkylation sites (tertiary alicyclic amines) is 1. The van der Waals surface area contributed by atoms with Gasteiger partial charge in [0.1, 0.15) is 6.54 Å². The molecule has 0 spiro atoms. The number of hydrogen-bond donors (Lipinski definition) is 2. The second-order valence-corrected chi connectivity index (χ2v) is 8.88. The number of hydrogen-bond acceptors (Lipinski definition) is 6. The van der Waals surface area contributed by atoms with E-state index < -0.39 is 11.8 Å². The van der Waals surface area contributed by atoms with Crippen molar-refractivity contribution in [1.29, 1.82) is 0 Å². The van der Waals surface area contributed by atoms with Crippen molar-refractivity contribution in [2.75, 3.05) is 24.0 Å². The summed E-state index contributed by atoms with van der Waals surface area (Å²) in [4.78, 5) is 52.4. The van der Waals surface area contributed by atoms with Crippen LogP contribution in [0.4, 0.5) is 11.4 Å². The Bertz CT molecular complexity index is 1240. The highest BCUT2D eigenvalue weighted by atomic mass is 16.7. The first-order valence-corrected chi connectivity index (χ1v) is 11.1. The van der Waals surface area contributed by atoms with E-state index in [2.05, 4.69) is 10.6 Å². The Morgan fingerprint density at radius 1 is 0.912 bits per heavy atom. The number of nitrogens with one attached hydrogen (secondary N) is 2. The van der Waals surface area contributed by atoms with E-state index in [0.29, 0.717) is 17.2 Å². The zero-order valence-electron chi connectivity index (χ0n) is 18.0. The van der Waals surface area contributed by atoms with Crippen LogP contribution in [-0.2, 0) is 14.4 Å². The van der Waals surface area contributed by atoms with E-state index in [1.165, 1.54) is 0 Å². The molecular formula is C25H21N3O6. The molecule has 1 saturated carbocycles. The summed E-state index contributed by atoms with van der Waals surface area (Å²) in [5, 5.41) is 5.47. The number of rotatable bonds is 5. The van der Waals surface area contributed by atoms with Gasteiger partial charge in [-0.15, -0.1) is 0 Å². The summed E-state index contributed by atoms with van der Waals surface area (Å²) in [5.74, 6) is -0.931. The van der Waals surface area contributed by atoms with Crippen LogP contribution in [0, 0.1) is 23.7 Å². The maximum atomic E-state index is 12.9. The van der Waals surface area contributed by atoms with E-state index in [-0.39, 0.29) is 60.1 Å². The average molecular weight is 459 g/mol. The van der Waals surface area contributed by atoms with Gasteiger partial charge in [0, 0.05) is 11.8 Å². The van der Waals surface area contributed by atoms with Crippen LogP contribution in [0.3, 0.4) is 0 Å². The fourth-order valence-electron chi connectivity index (χ4n) is 5.42. The van der Waals surface area contributed by atoms with Crippen LogP contribution < -0.4 is 20.1 Å². The lowest BCUT2D eigenvalue weighted by Crippen LogP contribution is -2.39. The molecule has 0 unspecified atom stereocenters. The van der Waals surface area contributed by atoms with Gasteiger partial charge in [0.15, 0.2) is 11.5 Å². The Labute approximate surface area is 194 Å². The van der Waals surface area contributed by atoms with Crippen LogP contribution in [-0.4, -0.2) is 41.9 Å². The third kappa shape index (κ3) is 3.23. The Balaban J connectivity index is 1.14. The highest BCUT2D eigenvalue weighted by molar-refractivity contribution is 6.12. The molecule has 2 aromatic carbocycles. The van der Waals surface area contributed by atoms with Gasteiger partial charge in [-0.2, -0.15) is 0 Å². The molecule has 0 aromatic heterocycles. The first kappa shape index (κ1) is 20.5. The van der Waals surface area contributed by atoms with Crippen molar-refractivity contribution in [3.63, 3.8) is 0 Å². The molecule has 2 N–H and O–H groups in total. The normalized spacial score (nSPS) is 25.6. The number of ether oxygens (including phenoxy) is 2. The van der Waals surface area contributed by atoms with Crippen molar-refractivity contribution < 1.29 is 28.7 Å². The van der Waals surface area contributed by atoms with E-state index in [1.807, 2.05) is 12.2 Å².